The van der Waals surface area contributed by atoms with Crippen LogP contribution in [0, 0.1) is 0 Å². The smallest absolute Gasteiger partial charge is 0.332 e. The molecular weight excluding hydrogens is 262 g/mol. The first-order valence-electron chi connectivity index (χ1n) is 7.35. The summed E-state index contributed by atoms with van der Waals surface area (Å²) in [6.45, 7) is 11.9. The summed E-state index contributed by atoms with van der Waals surface area (Å²) in [4.78, 5) is 13.3. The van der Waals surface area contributed by atoms with E-state index < -0.39 is 0 Å². The van der Waals surface area contributed by atoms with Gasteiger partial charge in [-0.15, -0.1) is 0 Å². The summed E-state index contributed by atoms with van der Waals surface area (Å²) in [7, 11) is 0. The molecule has 120 valence electrons. The maximum atomic E-state index is 11.1. The molecule has 0 rings (SSSR count). The molecule has 0 amide bonds. The van der Waals surface area contributed by atoms with Crippen molar-refractivity contribution < 1.29 is 23.7 Å². The van der Waals surface area contributed by atoms with Crippen LogP contribution in [0.3, 0.4) is 0 Å². The molecule has 0 saturated heterocycles. The van der Waals surface area contributed by atoms with Crippen LogP contribution >= 0.6 is 0 Å². The molecule has 6 heteroatoms. The van der Waals surface area contributed by atoms with Crippen LogP contribution in [0.4, 0.5) is 0 Å². The minimum atomic E-state index is -0.317. The number of rotatable bonds is 14. The number of carbonyl (C=O) groups excluding carboxylic acids is 1. The van der Waals surface area contributed by atoms with Crippen LogP contribution < -0.4 is 0 Å². The third-order valence-corrected chi connectivity index (χ3v) is 2.59. The first kappa shape index (κ1) is 19.3. The Balaban J connectivity index is 3.74. The Kier molecular flexibility index (Phi) is 14.2. The lowest BCUT2D eigenvalue weighted by Crippen LogP contribution is -2.34. The highest BCUT2D eigenvalue weighted by molar-refractivity contribution is 5.70. The lowest BCUT2D eigenvalue weighted by molar-refractivity contribution is -0.148. The molecule has 0 N–H and O–H groups in total. The molecule has 20 heavy (non-hydrogen) atoms. The first-order chi connectivity index (χ1) is 9.74. The molecular formula is C14H29NO5. The van der Waals surface area contributed by atoms with Crippen LogP contribution in [0.15, 0.2) is 0 Å². The monoisotopic (exact) mass is 291 g/mol. The van der Waals surface area contributed by atoms with E-state index in [1.54, 1.807) is 6.92 Å². The van der Waals surface area contributed by atoms with Crippen molar-refractivity contribution >= 4 is 5.97 Å². The van der Waals surface area contributed by atoms with E-state index in [0.29, 0.717) is 26.4 Å². The summed E-state index contributed by atoms with van der Waals surface area (Å²) >= 11 is 0. The molecule has 0 saturated carbocycles. The molecule has 0 aliphatic carbocycles. The highest BCUT2D eigenvalue weighted by Crippen LogP contribution is 1.92. The van der Waals surface area contributed by atoms with E-state index in [0.717, 1.165) is 32.8 Å². The van der Waals surface area contributed by atoms with Gasteiger partial charge in [0.05, 0.1) is 26.4 Å². The van der Waals surface area contributed by atoms with Crippen LogP contribution in [0.1, 0.15) is 20.8 Å². The average Bonchev–Trinajstić information content (AvgIpc) is 2.43. The largest absolute Gasteiger partial charge is 0.464 e. The summed E-state index contributed by atoms with van der Waals surface area (Å²) in [6, 6.07) is 0. The molecule has 0 bridgehead atoms. The maximum Gasteiger partial charge on any atom is 0.332 e. The molecule has 0 aliphatic heterocycles. The van der Waals surface area contributed by atoms with Crippen LogP contribution in [-0.4, -0.2) is 76.8 Å². The van der Waals surface area contributed by atoms with Crippen molar-refractivity contribution in [2.75, 3.05) is 65.9 Å². The molecule has 0 unspecified atom stereocenters. The van der Waals surface area contributed by atoms with Gasteiger partial charge in [-0.1, -0.05) is 0 Å². The second-order valence-corrected chi connectivity index (χ2v) is 4.09. The van der Waals surface area contributed by atoms with Gasteiger partial charge in [0.1, 0.15) is 6.61 Å². The van der Waals surface area contributed by atoms with E-state index in [-0.39, 0.29) is 12.6 Å². The van der Waals surface area contributed by atoms with Crippen molar-refractivity contribution in [3.8, 4) is 0 Å². The van der Waals surface area contributed by atoms with Crippen LogP contribution in [0.5, 0.6) is 0 Å². The molecule has 0 heterocycles. The molecule has 0 spiro atoms. The standard InChI is InChI=1S/C14H29NO5/c1-4-17-10-7-15(8-11-18-5-2)9-12-19-13-14(16)20-6-3/h4-13H2,1-3H3. The predicted octanol–water partition coefficient (Wildman–Crippen LogP) is 0.941. The quantitative estimate of drug-likeness (QED) is 0.351. The van der Waals surface area contributed by atoms with E-state index in [9.17, 15) is 4.79 Å². The van der Waals surface area contributed by atoms with E-state index in [1.807, 2.05) is 13.8 Å². The van der Waals surface area contributed by atoms with E-state index >= 15 is 0 Å². The minimum absolute atomic E-state index is 0.0125. The third kappa shape index (κ3) is 12.3. The molecule has 6 nitrogen and oxygen atoms in total. The molecule has 0 atom stereocenters. The SMILES string of the molecule is CCOCCN(CCOCC)CCOCC(=O)OCC. The van der Waals surface area contributed by atoms with Gasteiger partial charge in [0.15, 0.2) is 0 Å². The van der Waals surface area contributed by atoms with Gasteiger partial charge in [-0.25, -0.2) is 4.79 Å². The summed E-state index contributed by atoms with van der Waals surface area (Å²) in [5, 5.41) is 0. The molecule has 0 radical (unpaired) electrons. The van der Waals surface area contributed by atoms with Crippen molar-refractivity contribution in [3.05, 3.63) is 0 Å². The van der Waals surface area contributed by atoms with E-state index in [2.05, 4.69) is 4.90 Å². The van der Waals surface area contributed by atoms with Crippen LogP contribution in [-0.2, 0) is 23.7 Å². The Morgan fingerprint density at radius 1 is 0.800 bits per heavy atom. The van der Waals surface area contributed by atoms with Crippen LogP contribution in [0.25, 0.3) is 0 Å². The minimum Gasteiger partial charge on any atom is -0.464 e. The number of nitrogens with zero attached hydrogens (tertiary/aromatic N) is 1. The Labute approximate surface area is 122 Å². The number of carbonyl (C=O) groups is 1. The first-order valence-corrected chi connectivity index (χ1v) is 7.35. The topological polar surface area (TPSA) is 57.2 Å². The zero-order valence-corrected chi connectivity index (χ0v) is 13.1. The fourth-order valence-corrected chi connectivity index (χ4v) is 1.56. The van der Waals surface area contributed by atoms with Gasteiger partial charge in [-0.3, -0.25) is 4.90 Å². The van der Waals surface area contributed by atoms with E-state index in [1.165, 1.54) is 0 Å². The summed E-state index contributed by atoms with van der Waals surface area (Å²) in [5.74, 6) is -0.317. The summed E-state index contributed by atoms with van der Waals surface area (Å²) in [5.41, 5.74) is 0. The zero-order chi connectivity index (χ0) is 15.1. The van der Waals surface area contributed by atoms with Crippen molar-refractivity contribution in [1.82, 2.24) is 4.90 Å². The summed E-state index contributed by atoms with van der Waals surface area (Å²) < 4.78 is 20.8. The Hall–Kier alpha value is -0.690. The van der Waals surface area contributed by atoms with Gasteiger partial charge in [0.25, 0.3) is 0 Å². The Morgan fingerprint density at radius 2 is 1.30 bits per heavy atom. The van der Waals surface area contributed by atoms with E-state index in [4.69, 9.17) is 18.9 Å². The summed E-state index contributed by atoms with van der Waals surface area (Å²) in [6.07, 6.45) is 0. The van der Waals surface area contributed by atoms with Gasteiger partial charge >= 0.3 is 5.97 Å². The second-order valence-electron chi connectivity index (χ2n) is 4.09. The van der Waals surface area contributed by atoms with Gasteiger partial charge in [-0.2, -0.15) is 0 Å². The number of hydrogen-bond acceptors (Lipinski definition) is 6. The fraction of sp³-hybridized carbons (Fsp3) is 0.929. The van der Waals surface area contributed by atoms with Crippen molar-refractivity contribution in [1.29, 1.82) is 0 Å². The molecule has 0 aromatic rings. The average molecular weight is 291 g/mol. The maximum absolute atomic E-state index is 11.1. The number of ether oxygens (including phenoxy) is 4. The number of hydrogen-bond donors (Lipinski definition) is 0. The lowest BCUT2D eigenvalue weighted by Gasteiger charge is -2.21. The normalized spacial score (nSPS) is 11.0. The second kappa shape index (κ2) is 14.7. The third-order valence-electron chi connectivity index (χ3n) is 2.59. The van der Waals surface area contributed by atoms with Gasteiger partial charge < -0.3 is 18.9 Å². The zero-order valence-electron chi connectivity index (χ0n) is 13.1. The Bertz CT molecular complexity index is 216. The van der Waals surface area contributed by atoms with Gasteiger partial charge in [0.2, 0.25) is 0 Å². The molecule has 0 aromatic heterocycles. The lowest BCUT2D eigenvalue weighted by atomic mass is 10.4. The van der Waals surface area contributed by atoms with Crippen LogP contribution in [0.2, 0.25) is 0 Å². The molecule has 0 aliphatic rings. The van der Waals surface area contributed by atoms with Crippen molar-refractivity contribution in [2.24, 2.45) is 0 Å². The Morgan fingerprint density at radius 3 is 1.75 bits per heavy atom. The highest BCUT2D eigenvalue weighted by atomic mass is 16.6. The van der Waals surface area contributed by atoms with Gasteiger partial charge in [0, 0.05) is 32.8 Å². The molecule has 0 fully saturated rings. The van der Waals surface area contributed by atoms with Gasteiger partial charge in [-0.05, 0) is 20.8 Å². The number of esters is 1. The molecule has 0 aromatic carbocycles. The van der Waals surface area contributed by atoms with Crippen molar-refractivity contribution in [2.45, 2.75) is 20.8 Å². The highest BCUT2D eigenvalue weighted by Gasteiger charge is 2.06. The van der Waals surface area contributed by atoms with Crippen molar-refractivity contribution in [3.63, 3.8) is 0 Å². The fourth-order valence-electron chi connectivity index (χ4n) is 1.56. The predicted molar refractivity (Wildman–Crippen MR) is 76.9 cm³/mol.